The lowest BCUT2D eigenvalue weighted by atomic mass is 10.2. The first-order chi connectivity index (χ1) is 12.4. The number of nitrogens with zero attached hydrogens (tertiary/aromatic N) is 2. The fourth-order valence-electron chi connectivity index (χ4n) is 2.20. The van der Waals surface area contributed by atoms with E-state index >= 15 is 0 Å². The van der Waals surface area contributed by atoms with Crippen molar-refractivity contribution in [2.75, 3.05) is 10.6 Å². The van der Waals surface area contributed by atoms with E-state index in [2.05, 4.69) is 5.32 Å². The third-order valence-corrected chi connectivity index (χ3v) is 3.88. The first-order valence-corrected chi connectivity index (χ1v) is 8.09. The summed E-state index contributed by atoms with van der Waals surface area (Å²) in [6, 6.07) is 15.5. The lowest BCUT2D eigenvalue weighted by Gasteiger charge is -2.17. The summed E-state index contributed by atoms with van der Waals surface area (Å²) in [4.78, 5) is 25.4. The zero-order chi connectivity index (χ0) is 19.1. The van der Waals surface area contributed by atoms with Crippen molar-refractivity contribution in [3.63, 3.8) is 0 Å². The van der Waals surface area contributed by atoms with Gasteiger partial charge in [0.25, 0.3) is 5.91 Å². The van der Waals surface area contributed by atoms with Gasteiger partial charge in [-0.25, -0.2) is 0 Å². The zero-order valence-corrected chi connectivity index (χ0v) is 14.8. The zero-order valence-electron chi connectivity index (χ0n) is 14.1. The minimum absolute atomic E-state index is 0.163. The van der Waals surface area contributed by atoms with E-state index in [9.17, 15) is 14.9 Å². The van der Waals surface area contributed by atoms with Crippen molar-refractivity contribution in [1.29, 1.82) is 5.26 Å². The second kappa shape index (κ2) is 8.70. The molecule has 0 aliphatic rings. The lowest BCUT2D eigenvalue weighted by molar-refractivity contribution is -0.117. The van der Waals surface area contributed by atoms with Crippen molar-refractivity contribution in [1.82, 2.24) is 5.32 Å². The Balaban J connectivity index is 2.21. The molecule has 2 aromatic carbocycles. The molecule has 0 saturated carbocycles. The van der Waals surface area contributed by atoms with Crippen LogP contribution in [0.25, 0.3) is 0 Å². The summed E-state index contributed by atoms with van der Waals surface area (Å²) in [7, 11) is 0. The van der Waals surface area contributed by atoms with Gasteiger partial charge >= 0.3 is 0 Å². The number of nitriles is 1. The van der Waals surface area contributed by atoms with Gasteiger partial charge in [-0.2, -0.15) is 5.26 Å². The average Bonchev–Trinajstić information content (AvgIpc) is 2.61. The van der Waals surface area contributed by atoms with Crippen LogP contribution in [-0.4, -0.2) is 11.8 Å². The molecule has 0 atom stereocenters. The number of hydrogen-bond acceptors (Lipinski definition) is 4. The smallest absolute Gasteiger partial charge is 0.263 e. The van der Waals surface area contributed by atoms with Gasteiger partial charge in [0.1, 0.15) is 11.6 Å². The topological polar surface area (TPSA) is 99.2 Å². The Hall–Kier alpha value is -3.30. The second-order valence-electron chi connectivity index (χ2n) is 5.41. The molecule has 26 heavy (non-hydrogen) atoms. The molecule has 2 rings (SSSR count). The molecule has 0 fully saturated rings. The maximum atomic E-state index is 12.3. The summed E-state index contributed by atoms with van der Waals surface area (Å²) in [5.41, 5.74) is 7.16. The van der Waals surface area contributed by atoms with Gasteiger partial charge in [0.2, 0.25) is 5.91 Å². The molecule has 0 aromatic heterocycles. The largest absolute Gasteiger partial charge is 0.399 e. The first-order valence-electron chi connectivity index (χ1n) is 7.71. The molecule has 0 spiro atoms. The number of anilines is 2. The van der Waals surface area contributed by atoms with Crippen molar-refractivity contribution in [2.24, 2.45) is 0 Å². The van der Waals surface area contributed by atoms with Crippen molar-refractivity contribution in [2.45, 2.75) is 13.5 Å². The Morgan fingerprint density at radius 3 is 2.62 bits per heavy atom. The van der Waals surface area contributed by atoms with Crippen LogP contribution in [0.4, 0.5) is 11.4 Å². The molecule has 0 aliphatic heterocycles. The number of nitrogen functional groups attached to an aromatic ring is 1. The average molecular weight is 369 g/mol. The van der Waals surface area contributed by atoms with E-state index in [0.717, 1.165) is 5.56 Å². The van der Waals surface area contributed by atoms with Crippen molar-refractivity contribution in [3.8, 4) is 6.07 Å². The standard InChI is InChI=1S/C19H17ClN4O2/c1-13(25)24(17-7-4-6-16(22)9-17)12-15(10-21)19(26)23-11-14-5-2-3-8-18(14)20/h2-9,12H,11,22H2,1H3,(H,23,26)/b15-12-. The van der Waals surface area contributed by atoms with Gasteiger partial charge in [0.15, 0.2) is 0 Å². The Morgan fingerprint density at radius 1 is 1.27 bits per heavy atom. The SMILES string of the molecule is CC(=O)N(/C=C(/C#N)C(=O)NCc1ccccc1Cl)c1cccc(N)c1. The molecule has 7 heteroatoms. The van der Waals surface area contributed by atoms with Crippen LogP contribution in [0.5, 0.6) is 0 Å². The fraction of sp³-hybridized carbons (Fsp3) is 0.105. The summed E-state index contributed by atoms with van der Waals surface area (Å²) >= 11 is 6.05. The number of rotatable bonds is 5. The van der Waals surface area contributed by atoms with Crippen LogP contribution >= 0.6 is 11.6 Å². The van der Waals surface area contributed by atoms with Crippen molar-refractivity contribution >= 4 is 34.8 Å². The summed E-state index contributed by atoms with van der Waals surface area (Å²) in [5, 5.41) is 12.4. The first kappa shape index (κ1) is 19.0. The molecule has 2 amide bonds. The predicted octanol–water partition coefficient (Wildman–Crippen LogP) is 3.00. The van der Waals surface area contributed by atoms with Gasteiger partial charge in [-0.1, -0.05) is 35.9 Å². The van der Waals surface area contributed by atoms with E-state index in [4.69, 9.17) is 17.3 Å². The number of carbonyl (C=O) groups excluding carboxylic acids is 2. The van der Waals surface area contributed by atoms with E-state index in [-0.39, 0.29) is 18.0 Å². The molecule has 0 radical (unpaired) electrons. The third kappa shape index (κ3) is 4.85. The normalized spacial score (nSPS) is 10.7. The van der Waals surface area contributed by atoms with Crippen LogP contribution in [0.15, 0.2) is 60.3 Å². The van der Waals surface area contributed by atoms with Crippen LogP contribution in [0.1, 0.15) is 12.5 Å². The molecule has 0 aliphatic carbocycles. The third-order valence-electron chi connectivity index (χ3n) is 3.51. The van der Waals surface area contributed by atoms with E-state index in [1.54, 1.807) is 48.5 Å². The van der Waals surface area contributed by atoms with E-state index in [0.29, 0.717) is 16.4 Å². The quantitative estimate of drug-likeness (QED) is 0.481. The second-order valence-corrected chi connectivity index (χ2v) is 5.82. The molecule has 0 saturated heterocycles. The number of nitrogens with one attached hydrogen (secondary N) is 1. The monoisotopic (exact) mass is 368 g/mol. The minimum Gasteiger partial charge on any atom is -0.399 e. The molecule has 0 unspecified atom stereocenters. The van der Waals surface area contributed by atoms with Crippen LogP contribution in [0.2, 0.25) is 5.02 Å². The molecule has 0 bridgehead atoms. The van der Waals surface area contributed by atoms with Crippen LogP contribution in [-0.2, 0) is 16.1 Å². The molecular weight excluding hydrogens is 352 g/mol. The van der Waals surface area contributed by atoms with Gasteiger partial charge in [-0.05, 0) is 29.8 Å². The maximum absolute atomic E-state index is 12.3. The Bertz CT molecular complexity index is 902. The number of amides is 2. The highest BCUT2D eigenvalue weighted by molar-refractivity contribution is 6.31. The summed E-state index contributed by atoms with van der Waals surface area (Å²) in [6.45, 7) is 1.49. The van der Waals surface area contributed by atoms with E-state index in [1.807, 2.05) is 6.07 Å². The van der Waals surface area contributed by atoms with Crippen LogP contribution in [0, 0.1) is 11.3 Å². The number of halogens is 1. The van der Waals surface area contributed by atoms with Crippen molar-refractivity contribution in [3.05, 3.63) is 70.9 Å². The number of benzene rings is 2. The number of hydrogen-bond donors (Lipinski definition) is 2. The summed E-state index contributed by atoms with van der Waals surface area (Å²) < 4.78 is 0. The Kier molecular flexibility index (Phi) is 6.36. The highest BCUT2D eigenvalue weighted by Crippen LogP contribution is 2.19. The highest BCUT2D eigenvalue weighted by atomic mass is 35.5. The van der Waals surface area contributed by atoms with E-state index < -0.39 is 5.91 Å². The van der Waals surface area contributed by atoms with Gasteiger partial charge in [0, 0.05) is 30.4 Å². The van der Waals surface area contributed by atoms with Crippen LogP contribution in [0.3, 0.4) is 0 Å². The summed E-state index contributed by atoms with van der Waals surface area (Å²) in [5.74, 6) is -0.968. The highest BCUT2D eigenvalue weighted by Gasteiger charge is 2.15. The molecule has 3 N–H and O–H groups in total. The Morgan fingerprint density at radius 2 is 2.00 bits per heavy atom. The van der Waals surface area contributed by atoms with E-state index in [1.165, 1.54) is 18.0 Å². The van der Waals surface area contributed by atoms with Gasteiger partial charge < -0.3 is 11.1 Å². The van der Waals surface area contributed by atoms with Gasteiger partial charge in [-0.15, -0.1) is 0 Å². The summed E-state index contributed by atoms with van der Waals surface area (Å²) in [6.07, 6.45) is 1.19. The minimum atomic E-state index is -0.609. The Labute approximate surface area is 156 Å². The molecular formula is C19H17ClN4O2. The maximum Gasteiger partial charge on any atom is 0.263 e. The molecule has 2 aromatic rings. The predicted molar refractivity (Wildman–Crippen MR) is 101 cm³/mol. The fourth-order valence-corrected chi connectivity index (χ4v) is 2.40. The van der Waals surface area contributed by atoms with Crippen LogP contribution < -0.4 is 16.0 Å². The number of carbonyl (C=O) groups is 2. The lowest BCUT2D eigenvalue weighted by Crippen LogP contribution is -2.28. The van der Waals surface area contributed by atoms with Gasteiger partial charge in [-0.3, -0.25) is 14.5 Å². The number of nitrogens with two attached hydrogens (primary N) is 1. The van der Waals surface area contributed by atoms with Gasteiger partial charge in [0.05, 0.1) is 5.69 Å². The molecule has 132 valence electrons. The molecule has 6 nitrogen and oxygen atoms in total. The van der Waals surface area contributed by atoms with Crippen molar-refractivity contribution < 1.29 is 9.59 Å². The molecule has 0 heterocycles.